The molecule has 2 N–H and O–H groups in total. The molecule has 0 spiro atoms. The first kappa shape index (κ1) is 18.0. The van der Waals surface area contributed by atoms with Gasteiger partial charge in [-0.25, -0.2) is 17.9 Å². The van der Waals surface area contributed by atoms with E-state index in [1.807, 2.05) is 11.4 Å². The van der Waals surface area contributed by atoms with Crippen molar-refractivity contribution in [1.29, 1.82) is 0 Å². The van der Waals surface area contributed by atoms with Gasteiger partial charge in [0.15, 0.2) is 0 Å². The number of thiophene rings is 1. The van der Waals surface area contributed by atoms with Crippen LogP contribution in [-0.4, -0.2) is 50.3 Å². The van der Waals surface area contributed by atoms with Crippen LogP contribution in [0.2, 0.25) is 0 Å². The average Bonchev–Trinajstić information content (AvgIpc) is 3.07. The van der Waals surface area contributed by atoms with Crippen molar-refractivity contribution in [3.63, 3.8) is 0 Å². The quantitative estimate of drug-likeness (QED) is 0.867. The fraction of sp³-hybridized carbons (Fsp3) is 0.312. The minimum Gasteiger partial charge on any atom is -0.336 e. The molecule has 134 valence electrons. The van der Waals surface area contributed by atoms with Gasteiger partial charge in [0, 0.05) is 37.6 Å². The summed E-state index contributed by atoms with van der Waals surface area (Å²) in [5.74, 6) is -1.27. The van der Waals surface area contributed by atoms with Gasteiger partial charge in [0.1, 0.15) is 5.82 Å². The molecule has 1 aliphatic heterocycles. The lowest BCUT2D eigenvalue weighted by Crippen LogP contribution is -2.48. The van der Waals surface area contributed by atoms with E-state index >= 15 is 0 Å². The Hall–Kier alpha value is -1.81. The van der Waals surface area contributed by atoms with Crippen LogP contribution < -0.4 is 5.14 Å². The van der Waals surface area contributed by atoms with Gasteiger partial charge in [-0.05, 0) is 29.6 Å². The third-order valence-electron chi connectivity index (χ3n) is 4.12. The summed E-state index contributed by atoms with van der Waals surface area (Å²) < 4.78 is 36.8. The number of nitrogens with two attached hydrogens (primary N) is 1. The first-order valence-corrected chi connectivity index (χ1v) is 10.1. The molecule has 0 atom stereocenters. The van der Waals surface area contributed by atoms with E-state index in [9.17, 15) is 17.6 Å². The molecule has 1 aromatic carbocycles. The first-order valence-electron chi connectivity index (χ1n) is 7.71. The monoisotopic (exact) mass is 383 g/mol. The molecule has 1 aliphatic rings. The van der Waals surface area contributed by atoms with Gasteiger partial charge in [0.25, 0.3) is 5.91 Å². The Labute approximate surface area is 149 Å². The molecule has 6 nitrogen and oxygen atoms in total. The fourth-order valence-electron chi connectivity index (χ4n) is 2.75. The minimum absolute atomic E-state index is 0.266. The predicted molar refractivity (Wildman–Crippen MR) is 93.3 cm³/mol. The molecule has 0 saturated carbocycles. The number of piperazine rings is 1. The van der Waals surface area contributed by atoms with Gasteiger partial charge in [-0.15, -0.1) is 11.3 Å². The second kappa shape index (κ2) is 7.20. The minimum atomic E-state index is -3.99. The van der Waals surface area contributed by atoms with Crippen molar-refractivity contribution < 1.29 is 17.6 Å². The SMILES string of the molecule is NS(=O)(=O)c1ccc(F)c(C(=O)N2CCN(Cc3cccs3)CC2)c1. The molecule has 3 rings (SSSR count). The zero-order valence-electron chi connectivity index (χ0n) is 13.4. The summed E-state index contributed by atoms with van der Waals surface area (Å²) in [5, 5.41) is 7.08. The molecular weight excluding hydrogens is 365 g/mol. The lowest BCUT2D eigenvalue weighted by Gasteiger charge is -2.34. The normalized spacial score (nSPS) is 16.2. The van der Waals surface area contributed by atoms with E-state index in [0.717, 1.165) is 24.7 Å². The highest BCUT2D eigenvalue weighted by Gasteiger charge is 2.25. The number of halogens is 1. The molecule has 1 amide bonds. The molecule has 9 heteroatoms. The van der Waals surface area contributed by atoms with Gasteiger partial charge in [0.2, 0.25) is 10.0 Å². The zero-order valence-corrected chi connectivity index (χ0v) is 15.0. The fourth-order valence-corrected chi connectivity index (χ4v) is 4.03. The number of primary sulfonamides is 1. The van der Waals surface area contributed by atoms with Crippen LogP contribution in [-0.2, 0) is 16.6 Å². The third-order valence-corrected chi connectivity index (χ3v) is 5.89. The molecule has 1 fully saturated rings. The van der Waals surface area contributed by atoms with Crippen LogP contribution in [0.1, 0.15) is 15.2 Å². The van der Waals surface area contributed by atoms with Crippen LogP contribution in [0.15, 0.2) is 40.6 Å². The molecule has 2 aromatic rings. The number of carbonyl (C=O) groups excluding carboxylic acids is 1. The van der Waals surface area contributed by atoms with E-state index in [2.05, 4.69) is 11.0 Å². The summed E-state index contributed by atoms with van der Waals surface area (Å²) in [6.07, 6.45) is 0. The molecule has 1 saturated heterocycles. The maximum Gasteiger partial charge on any atom is 0.256 e. The molecule has 0 radical (unpaired) electrons. The number of benzene rings is 1. The van der Waals surface area contributed by atoms with Crippen LogP contribution in [0.5, 0.6) is 0 Å². The van der Waals surface area contributed by atoms with Crippen molar-refractivity contribution in [3.05, 3.63) is 52.0 Å². The number of sulfonamides is 1. The summed E-state index contributed by atoms with van der Waals surface area (Å²) in [7, 11) is -3.99. The van der Waals surface area contributed by atoms with E-state index in [-0.39, 0.29) is 10.5 Å². The van der Waals surface area contributed by atoms with Crippen molar-refractivity contribution in [3.8, 4) is 0 Å². The smallest absolute Gasteiger partial charge is 0.256 e. The van der Waals surface area contributed by atoms with Gasteiger partial charge in [0.05, 0.1) is 10.5 Å². The molecule has 0 aliphatic carbocycles. The summed E-state index contributed by atoms with van der Waals surface area (Å²) in [6, 6.07) is 7.09. The topological polar surface area (TPSA) is 83.7 Å². The Bertz CT molecular complexity index is 861. The van der Waals surface area contributed by atoms with Crippen LogP contribution in [0.4, 0.5) is 4.39 Å². The van der Waals surface area contributed by atoms with Crippen molar-refractivity contribution in [1.82, 2.24) is 9.80 Å². The number of hydrogen-bond acceptors (Lipinski definition) is 5. The Kier molecular flexibility index (Phi) is 5.19. The van der Waals surface area contributed by atoms with Crippen LogP contribution in [0, 0.1) is 5.82 Å². The van der Waals surface area contributed by atoms with E-state index in [0.29, 0.717) is 26.2 Å². The molecule has 1 aromatic heterocycles. The Morgan fingerprint density at radius 3 is 2.52 bits per heavy atom. The van der Waals surface area contributed by atoms with Gasteiger partial charge < -0.3 is 4.90 Å². The summed E-state index contributed by atoms with van der Waals surface area (Å²) in [4.78, 5) is 17.3. The molecule has 25 heavy (non-hydrogen) atoms. The number of carbonyl (C=O) groups is 1. The maximum absolute atomic E-state index is 14.0. The first-order chi connectivity index (χ1) is 11.8. The Morgan fingerprint density at radius 1 is 1.20 bits per heavy atom. The van der Waals surface area contributed by atoms with Crippen LogP contribution in [0.3, 0.4) is 0 Å². The third kappa shape index (κ3) is 4.24. The summed E-state index contributed by atoms with van der Waals surface area (Å²) in [6.45, 7) is 3.11. The standard InChI is InChI=1S/C16H18FN3O3S2/c17-15-4-3-13(25(18,22)23)10-14(15)16(21)20-7-5-19(6-8-20)11-12-2-1-9-24-12/h1-4,9-10H,5-8,11H2,(H2,18,22,23). The van der Waals surface area contributed by atoms with Gasteiger partial charge >= 0.3 is 0 Å². The van der Waals surface area contributed by atoms with Gasteiger partial charge in [-0.1, -0.05) is 6.07 Å². The highest BCUT2D eigenvalue weighted by atomic mass is 32.2. The Balaban J connectivity index is 1.68. The lowest BCUT2D eigenvalue weighted by atomic mass is 10.1. The van der Waals surface area contributed by atoms with E-state index < -0.39 is 21.7 Å². The number of rotatable bonds is 4. The van der Waals surface area contributed by atoms with E-state index in [4.69, 9.17) is 5.14 Å². The molecule has 0 bridgehead atoms. The van der Waals surface area contributed by atoms with Crippen molar-refractivity contribution in [2.45, 2.75) is 11.4 Å². The van der Waals surface area contributed by atoms with E-state index in [1.165, 1.54) is 9.78 Å². The van der Waals surface area contributed by atoms with Crippen molar-refractivity contribution in [2.24, 2.45) is 5.14 Å². The molecular formula is C16H18FN3O3S2. The van der Waals surface area contributed by atoms with Crippen LogP contribution >= 0.6 is 11.3 Å². The highest BCUT2D eigenvalue weighted by Crippen LogP contribution is 2.18. The maximum atomic E-state index is 14.0. The summed E-state index contributed by atoms with van der Waals surface area (Å²) >= 11 is 1.69. The van der Waals surface area contributed by atoms with Crippen molar-refractivity contribution in [2.75, 3.05) is 26.2 Å². The highest BCUT2D eigenvalue weighted by molar-refractivity contribution is 7.89. The number of hydrogen-bond donors (Lipinski definition) is 1. The van der Waals surface area contributed by atoms with Gasteiger partial charge in [-0.2, -0.15) is 0 Å². The van der Waals surface area contributed by atoms with E-state index in [1.54, 1.807) is 11.3 Å². The molecule has 2 heterocycles. The Morgan fingerprint density at radius 2 is 1.92 bits per heavy atom. The predicted octanol–water partition coefficient (Wildman–Crippen LogP) is 1.49. The zero-order chi connectivity index (χ0) is 18.0. The largest absolute Gasteiger partial charge is 0.336 e. The summed E-state index contributed by atoms with van der Waals surface area (Å²) in [5.41, 5.74) is -0.266. The average molecular weight is 383 g/mol. The number of amides is 1. The number of nitrogens with zero attached hydrogens (tertiary/aromatic N) is 2. The molecule has 0 unspecified atom stereocenters. The second-order valence-corrected chi connectivity index (χ2v) is 8.43. The van der Waals surface area contributed by atoms with Gasteiger partial charge in [-0.3, -0.25) is 9.69 Å². The lowest BCUT2D eigenvalue weighted by molar-refractivity contribution is 0.0625. The second-order valence-electron chi connectivity index (χ2n) is 5.83. The van der Waals surface area contributed by atoms with Crippen molar-refractivity contribution >= 4 is 27.3 Å². The van der Waals surface area contributed by atoms with Crippen LogP contribution in [0.25, 0.3) is 0 Å².